The van der Waals surface area contributed by atoms with Crippen molar-refractivity contribution in [1.82, 2.24) is 10.6 Å². The number of hydrogen-bond acceptors (Lipinski definition) is 2. The summed E-state index contributed by atoms with van der Waals surface area (Å²) >= 11 is 0. The molecule has 1 aromatic carbocycles. The maximum Gasteiger partial charge on any atom is 0.240 e. The molecule has 3 nitrogen and oxygen atoms in total. The first kappa shape index (κ1) is 15.0. The third kappa shape index (κ3) is 3.83. The molecule has 0 spiro atoms. The predicted molar refractivity (Wildman–Crippen MR) is 82.6 cm³/mol. The molecular formula is C17H26N2O. The van der Waals surface area contributed by atoms with Gasteiger partial charge in [0.25, 0.3) is 0 Å². The van der Waals surface area contributed by atoms with Crippen LogP contribution in [0.2, 0.25) is 0 Å². The van der Waals surface area contributed by atoms with Crippen LogP contribution < -0.4 is 10.6 Å². The Labute approximate surface area is 122 Å². The van der Waals surface area contributed by atoms with Crippen LogP contribution in [0.1, 0.15) is 45.6 Å². The van der Waals surface area contributed by atoms with Gasteiger partial charge in [0.2, 0.25) is 5.91 Å². The minimum absolute atomic E-state index is 0.132. The highest BCUT2D eigenvalue weighted by molar-refractivity contribution is 5.86. The van der Waals surface area contributed by atoms with Crippen molar-refractivity contribution < 1.29 is 4.79 Å². The lowest BCUT2D eigenvalue weighted by molar-refractivity contribution is -0.128. The van der Waals surface area contributed by atoms with E-state index in [-0.39, 0.29) is 17.0 Å². The third-order valence-electron chi connectivity index (χ3n) is 4.20. The predicted octanol–water partition coefficient (Wildman–Crippen LogP) is 2.66. The first-order valence-electron chi connectivity index (χ1n) is 7.53. The second-order valence-corrected chi connectivity index (χ2v) is 6.69. The van der Waals surface area contributed by atoms with E-state index in [1.54, 1.807) is 0 Å². The summed E-state index contributed by atoms with van der Waals surface area (Å²) in [5.74, 6) is 0.132. The van der Waals surface area contributed by atoms with Crippen LogP contribution in [0.25, 0.3) is 0 Å². The molecule has 20 heavy (non-hydrogen) atoms. The van der Waals surface area contributed by atoms with Crippen LogP contribution in [0.15, 0.2) is 30.3 Å². The zero-order chi connectivity index (χ0) is 14.6. The van der Waals surface area contributed by atoms with Gasteiger partial charge in [-0.25, -0.2) is 0 Å². The molecule has 0 aromatic heterocycles. The molecule has 1 aliphatic rings. The Morgan fingerprint density at radius 1 is 1.35 bits per heavy atom. The summed E-state index contributed by atoms with van der Waals surface area (Å²) in [5.41, 5.74) is 0.754. The number of hydrogen-bond donors (Lipinski definition) is 2. The van der Waals surface area contributed by atoms with Gasteiger partial charge in [0, 0.05) is 5.54 Å². The summed E-state index contributed by atoms with van der Waals surface area (Å²) in [5, 5.41) is 6.52. The Bertz CT molecular complexity index is 447. The second kappa shape index (κ2) is 5.96. The van der Waals surface area contributed by atoms with Crippen LogP contribution in [0.4, 0.5) is 0 Å². The van der Waals surface area contributed by atoms with E-state index in [0.717, 1.165) is 32.2 Å². The van der Waals surface area contributed by atoms with E-state index in [0.29, 0.717) is 0 Å². The fraction of sp³-hybridized carbons (Fsp3) is 0.588. The lowest BCUT2D eigenvalue weighted by Crippen LogP contribution is -2.56. The first-order chi connectivity index (χ1) is 9.41. The molecular weight excluding hydrogens is 248 g/mol. The van der Waals surface area contributed by atoms with Crippen molar-refractivity contribution >= 4 is 5.91 Å². The second-order valence-electron chi connectivity index (χ2n) is 6.69. The van der Waals surface area contributed by atoms with Crippen LogP contribution in [-0.2, 0) is 11.2 Å². The minimum Gasteiger partial charge on any atom is -0.350 e. The van der Waals surface area contributed by atoms with E-state index in [9.17, 15) is 4.79 Å². The summed E-state index contributed by atoms with van der Waals surface area (Å²) in [6.07, 6.45) is 3.93. The van der Waals surface area contributed by atoms with Crippen molar-refractivity contribution in [3.63, 3.8) is 0 Å². The zero-order valence-electron chi connectivity index (χ0n) is 12.8. The standard InChI is InChI=1S/C17H26N2O/c1-16(2,12-10-14-8-5-4-6-9-14)19-15(20)17(3)11-7-13-18-17/h4-6,8-9,18H,7,10-13H2,1-3H3,(H,19,20). The quantitative estimate of drug-likeness (QED) is 0.866. The van der Waals surface area contributed by atoms with E-state index in [4.69, 9.17) is 0 Å². The van der Waals surface area contributed by atoms with Crippen molar-refractivity contribution in [2.45, 2.75) is 57.5 Å². The van der Waals surface area contributed by atoms with Gasteiger partial charge in [-0.05, 0) is 58.6 Å². The topological polar surface area (TPSA) is 41.1 Å². The summed E-state index contributed by atoms with van der Waals surface area (Å²) in [6.45, 7) is 7.15. The van der Waals surface area contributed by atoms with Crippen LogP contribution in [0.3, 0.4) is 0 Å². The molecule has 2 N–H and O–H groups in total. The Balaban J connectivity index is 1.88. The summed E-state index contributed by atoms with van der Waals surface area (Å²) in [4.78, 5) is 12.4. The van der Waals surface area contributed by atoms with Crippen molar-refractivity contribution in [1.29, 1.82) is 0 Å². The normalized spacial score (nSPS) is 22.8. The van der Waals surface area contributed by atoms with Crippen molar-refractivity contribution in [2.24, 2.45) is 0 Å². The molecule has 1 aromatic rings. The smallest absolute Gasteiger partial charge is 0.240 e. The van der Waals surface area contributed by atoms with Gasteiger partial charge in [-0.3, -0.25) is 4.79 Å². The van der Waals surface area contributed by atoms with Crippen LogP contribution >= 0.6 is 0 Å². The summed E-state index contributed by atoms with van der Waals surface area (Å²) < 4.78 is 0. The van der Waals surface area contributed by atoms with Gasteiger partial charge in [-0.1, -0.05) is 30.3 Å². The fourth-order valence-electron chi connectivity index (χ4n) is 2.70. The van der Waals surface area contributed by atoms with Gasteiger partial charge < -0.3 is 10.6 Å². The third-order valence-corrected chi connectivity index (χ3v) is 4.20. The number of nitrogens with one attached hydrogen (secondary N) is 2. The molecule has 1 unspecified atom stereocenters. The van der Waals surface area contributed by atoms with Gasteiger partial charge in [0.15, 0.2) is 0 Å². The minimum atomic E-state index is -0.385. The molecule has 1 amide bonds. The number of amides is 1. The van der Waals surface area contributed by atoms with Crippen LogP contribution in [0.5, 0.6) is 0 Å². The molecule has 1 atom stereocenters. The van der Waals surface area contributed by atoms with E-state index in [1.165, 1.54) is 5.56 Å². The van der Waals surface area contributed by atoms with Crippen LogP contribution in [-0.4, -0.2) is 23.5 Å². The van der Waals surface area contributed by atoms with Gasteiger partial charge in [-0.2, -0.15) is 0 Å². The molecule has 1 saturated heterocycles. The van der Waals surface area contributed by atoms with E-state index in [2.05, 4.69) is 48.7 Å². The summed E-state index contributed by atoms with van der Waals surface area (Å²) in [7, 11) is 0. The number of rotatable bonds is 5. The van der Waals surface area contributed by atoms with Crippen LogP contribution in [0, 0.1) is 0 Å². The Morgan fingerprint density at radius 2 is 2.05 bits per heavy atom. The maximum atomic E-state index is 12.4. The molecule has 0 saturated carbocycles. The highest BCUT2D eigenvalue weighted by Gasteiger charge is 2.38. The van der Waals surface area contributed by atoms with E-state index >= 15 is 0 Å². The fourth-order valence-corrected chi connectivity index (χ4v) is 2.70. The average Bonchev–Trinajstić information content (AvgIpc) is 2.86. The highest BCUT2D eigenvalue weighted by atomic mass is 16.2. The Hall–Kier alpha value is -1.35. The van der Waals surface area contributed by atoms with Crippen molar-refractivity contribution in [3.05, 3.63) is 35.9 Å². The van der Waals surface area contributed by atoms with Crippen molar-refractivity contribution in [3.8, 4) is 0 Å². The van der Waals surface area contributed by atoms with Crippen molar-refractivity contribution in [2.75, 3.05) is 6.54 Å². The number of carbonyl (C=O) groups excluding carboxylic acids is 1. The molecule has 0 aliphatic carbocycles. The Kier molecular flexibility index (Phi) is 4.48. The summed E-state index contributed by atoms with van der Waals surface area (Å²) in [6, 6.07) is 10.4. The van der Waals surface area contributed by atoms with E-state index < -0.39 is 0 Å². The zero-order valence-corrected chi connectivity index (χ0v) is 12.8. The lowest BCUT2D eigenvalue weighted by atomic mass is 9.92. The molecule has 2 rings (SSSR count). The largest absolute Gasteiger partial charge is 0.350 e. The average molecular weight is 274 g/mol. The molecule has 0 radical (unpaired) electrons. The van der Waals surface area contributed by atoms with E-state index in [1.807, 2.05) is 13.0 Å². The lowest BCUT2D eigenvalue weighted by Gasteiger charge is -2.32. The SMILES string of the molecule is CC(C)(CCc1ccccc1)NC(=O)C1(C)CCCN1. The van der Waals surface area contributed by atoms with Gasteiger partial charge in [-0.15, -0.1) is 0 Å². The van der Waals surface area contributed by atoms with Gasteiger partial charge >= 0.3 is 0 Å². The number of carbonyl (C=O) groups is 1. The highest BCUT2D eigenvalue weighted by Crippen LogP contribution is 2.21. The van der Waals surface area contributed by atoms with Gasteiger partial charge in [0.1, 0.15) is 0 Å². The monoisotopic (exact) mass is 274 g/mol. The first-order valence-corrected chi connectivity index (χ1v) is 7.53. The molecule has 3 heteroatoms. The van der Waals surface area contributed by atoms with Gasteiger partial charge in [0.05, 0.1) is 5.54 Å². The molecule has 0 bridgehead atoms. The number of benzene rings is 1. The molecule has 1 fully saturated rings. The molecule has 1 aliphatic heterocycles. The Morgan fingerprint density at radius 3 is 2.65 bits per heavy atom. The molecule has 110 valence electrons. The maximum absolute atomic E-state index is 12.4. The number of aryl methyl sites for hydroxylation is 1. The molecule has 1 heterocycles.